The fourth-order valence-corrected chi connectivity index (χ4v) is 2.44. The van der Waals surface area contributed by atoms with Crippen LogP contribution in [-0.2, 0) is 4.74 Å². The topological polar surface area (TPSA) is 35.0 Å². The second kappa shape index (κ2) is 6.48. The lowest BCUT2D eigenvalue weighted by Gasteiger charge is -2.12. The molecule has 0 aliphatic rings. The van der Waals surface area contributed by atoms with Crippen molar-refractivity contribution in [2.75, 3.05) is 13.7 Å². The molecule has 0 saturated heterocycles. The van der Waals surface area contributed by atoms with Gasteiger partial charge in [0.2, 0.25) is 0 Å². The Bertz CT molecular complexity index is 582. The van der Waals surface area contributed by atoms with Gasteiger partial charge in [-0.25, -0.2) is 14.4 Å². The number of benzene rings is 1. The van der Waals surface area contributed by atoms with Crippen molar-refractivity contribution in [3.05, 3.63) is 46.2 Å². The second-order valence-electron chi connectivity index (χ2n) is 4.40. The van der Waals surface area contributed by atoms with Crippen LogP contribution in [-0.4, -0.2) is 23.7 Å². The Balaban J connectivity index is 2.43. The molecule has 0 aliphatic carbocycles. The van der Waals surface area contributed by atoms with Gasteiger partial charge in [0.1, 0.15) is 21.9 Å². The zero-order valence-electron chi connectivity index (χ0n) is 11.0. The molecular weight excluding hydrogens is 302 g/mol. The molecule has 2 aromatic rings. The third kappa shape index (κ3) is 3.26. The van der Waals surface area contributed by atoms with Crippen LogP contribution in [0.2, 0.25) is 10.3 Å². The number of hydrogen-bond donors (Lipinski definition) is 0. The molecule has 0 spiro atoms. The van der Waals surface area contributed by atoms with E-state index >= 15 is 0 Å². The smallest absolute Gasteiger partial charge is 0.142 e. The van der Waals surface area contributed by atoms with Crippen LogP contribution in [0.4, 0.5) is 4.39 Å². The van der Waals surface area contributed by atoms with Gasteiger partial charge >= 0.3 is 0 Å². The van der Waals surface area contributed by atoms with Crippen LogP contribution in [0.1, 0.15) is 18.7 Å². The number of halogens is 3. The molecule has 20 heavy (non-hydrogen) atoms. The van der Waals surface area contributed by atoms with Gasteiger partial charge in [0.15, 0.2) is 0 Å². The molecule has 6 heteroatoms. The quantitative estimate of drug-likeness (QED) is 0.787. The van der Waals surface area contributed by atoms with Crippen molar-refractivity contribution in [1.82, 2.24) is 9.97 Å². The van der Waals surface area contributed by atoms with Crippen LogP contribution < -0.4 is 0 Å². The van der Waals surface area contributed by atoms with Crippen LogP contribution in [0.15, 0.2) is 24.3 Å². The number of ether oxygens (including phenoxy) is 1. The zero-order valence-corrected chi connectivity index (χ0v) is 12.5. The van der Waals surface area contributed by atoms with E-state index in [1.54, 1.807) is 19.2 Å². The molecule has 106 valence electrons. The van der Waals surface area contributed by atoms with Crippen LogP contribution in [0.25, 0.3) is 11.1 Å². The van der Waals surface area contributed by atoms with E-state index in [0.29, 0.717) is 23.6 Å². The van der Waals surface area contributed by atoms with Gasteiger partial charge in [0, 0.05) is 13.0 Å². The highest BCUT2D eigenvalue weighted by atomic mass is 35.5. The zero-order chi connectivity index (χ0) is 14.7. The third-order valence-electron chi connectivity index (χ3n) is 2.83. The highest BCUT2D eigenvalue weighted by Crippen LogP contribution is 2.33. The fraction of sp³-hybridized carbons (Fsp3) is 0.286. The Kier molecular flexibility index (Phi) is 4.91. The van der Waals surface area contributed by atoms with Crippen molar-refractivity contribution in [1.29, 1.82) is 0 Å². The molecule has 0 amide bonds. The molecular formula is C14H13Cl2FN2O. The van der Waals surface area contributed by atoms with Crippen molar-refractivity contribution >= 4 is 23.2 Å². The van der Waals surface area contributed by atoms with Gasteiger partial charge in [-0.1, -0.05) is 42.3 Å². The minimum atomic E-state index is -0.327. The van der Waals surface area contributed by atoms with Crippen molar-refractivity contribution in [2.24, 2.45) is 0 Å². The average Bonchev–Trinajstić information content (AvgIpc) is 2.40. The predicted octanol–water partition coefficient (Wildman–Crippen LogP) is 4.34. The molecule has 1 atom stereocenters. The molecule has 0 bridgehead atoms. The second-order valence-corrected chi connectivity index (χ2v) is 5.12. The molecule has 0 fully saturated rings. The van der Waals surface area contributed by atoms with E-state index in [4.69, 9.17) is 27.9 Å². The van der Waals surface area contributed by atoms with Crippen LogP contribution >= 0.6 is 23.2 Å². The molecule has 1 aromatic heterocycles. The maximum absolute atomic E-state index is 12.9. The largest absolute Gasteiger partial charge is 0.384 e. The van der Waals surface area contributed by atoms with E-state index in [9.17, 15) is 4.39 Å². The number of nitrogens with zero attached hydrogens (tertiary/aromatic N) is 2. The van der Waals surface area contributed by atoms with Crippen LogP contribution in [0.5, 0.6) is 0 Å². The first-order valence-electron chi connectivity index (χ1n) is 6.00. The highest BCUT2D eigenvalue weighted by Gasteiger charge is 2.17. The SMILES string of the molecule is COCC(C)c1nc(Cl)c(-c2ccc(F)cc2)c(Cl)n1. The Morgan fingerprint density at radius 3 is 2.20 bits per heavy atom. The molecule has 0 radical (unpaired) electrons. The minimum absolute atomic E-state index is 0.0164. The van der Waals surface area contributed by atoms with Crippen molar-refractivity contribution in [3.8, 4) is 11.1 Å². The van der Waals surface area contributed by atoms with Crippen molar-refractivity contribution in [3.63, 3.8) is 0 Å². The van der Waals surface area contributed by atoms with E-state index in [1.165, 1.54) is 12.1 Å². The van der Waals surface area contributed by atoms with Gasteiger partial charge in [-0.15, -0.1) is 0 Å². The van der Waals surface area contributed by atoms with E-state index in [-0.39, 0.29) is 22.0 Å². The minimum Gasteiger partial charge on any atom is -0.384 e. The summed E-state index contributed by atoms with van der Waals surface area (Å²) < 4.78 is 18.0. The molecule has 1 aromatic carbocycles. The van der Waals surface area contributed by atoms with Gasteiger partial charge in [-0.05, 0) is 17.7 Å². The first-order valence-corrected chi connectivity index (χ1v) is 6.76. The van der Waals surface area contributed by atoms with Gasteiger partial charge in [0.05, 0.1) is 12.2 Å². The number of rotatable bonds is 4. The van der Waals surface area contributed by atoms with Gasteiger partial charge in [0.25, 0.3) is 0 Å². The Morgan fingerprint density at radius 2 is 1.70 bits per heavy atom. The molecule has 3 nitrogen and oxygen atoms in total. The molecule has 0 saturated carbocycles. The average molecular weight is 315 g/mol. The first-order chi connectivity index (χ1) is 9.52. The fourth-order valence-electron chi connectivity index (χ4n) is 1.82. The predicted molar refractivity (Wildman–Crippen MR) is 77.7 cm³/mol. The van der Waals surface area contributed by atoms with Crippen LogP contribution in [0.3, 0.4) is 0 Å². The number of methoxy groups -OCH3 is 1. The number of hydrogen-bond acceptors (Lipinski definition) is 3. The summed E-state index contributed by atoms with van der Waals surface area (Å²) in [6, 6.07) is 5.85. The van der Waals surface area contributed by atoms with Crippen molar-refractivity contribution < 1.29 is 9.13 Å². The van der Waals surface area contributed by atoms with Gasteiger partial charge in [-0.3, -0.25) is 0 Å². The third-order valence-corrected chi connectivity index (χ3v) is 3.38. The lowest BCUT2D eigenvalue weighted by molar-refractivity contribution is 0.181. The van der Waals surface area contributed by atoms with E-state index in [0.717, 1.165) is 0 Å². The van der Waals surface area contributed by atoms with E-state index in [1.807, 2.05) is 6.92 Å². The lowest BCUT2D eigenvalue weighted by Crippen LogP contribution is -2.08. The summed E-state index contributed by atoms with van der Waals surface area (Å²) in [5.74, 6) is 0.178. The van der Waals surface area contributed by atoms with Gasteiger partial charge < -0.3 is 4.74 Å². The summed E-state index contributed by atoms with van der Waals surface area (Å²) in [6.07, 6.45) is 0. The summed E-state index contributed by atoms with van der Waals surface area (Å²) in [4.78, 5) is 8.49. The lowest BCUT2D eigenvalue weighted by atomic mass is 10.1. The van der Waals surface area contributed by atoms with Crippen molar-refractivity contribution in [2.45, 2.75) is 12.8 Å². The van der Waals surface area contributed by atoms with E-state index in [2.05, 4.69) is 9.97 Å². The van der Waals surface area contributed by atoms with Gasteiger partial charge in [-0.2, -0.15) is 0 Å². The molecule has 0 aliphatic heterocycles. The maximum Gasteiger partial charge on any atom is 0.142 e. The Labute approximate surface area is 126 Å². The normalized spacial score (nSPS) is 12.4. The first kappa shape index (κ1) is 15.2. The van der Waals surface area contributed by atoms with Crippen LogP contribution in [0, 0.1) is 5.82 Å². The summed E-state index contributed by atoms with van der Waals surface area (Å²) in [6.45, 7) is 2.39. The molecule has 0 N–H and O–H groups in total. The Hall–Kier alpha value is -1.23. The monoisotopic (exact) mass is 314 g/mol. The molecule has 1 unspecified atom stereocenters. The summed E-state index contributed by atoms with van der Waals surface area (Å²) in [5, 5.41) is 0.490. The standard InChI is InChI=1S/C14H13Cl2FN2O/c1-8(7-20-2)14-18-12(15)11(13(16)19-14)9-3-5-10(17)6-4-9/h3-6,8H,7H2,1-2H3. The summed E-state index contributed by atoms with van der Waals surface area (Å²) in [5.41, 5.74) is 1.18. The summed E-state index contributed by atoms with van der Waals surface area (Å²) >= 11 is 12.4. The number of aromatic nitrogens is 2. The molecule has 1 heterocycles. The van der Waals surface area contributed by atoms with E-state index < -0.39 is 0 Å². The summed E-state index contributed by atoms with van der Waals surface area (Å²) in [7, 11) is 1.60. The highest BCUT2D eigenvalue weighted by molar-refractivity contribution is 6.37. The molecule has 2 rings (SSSR count). The maximum atomic E-state index is 12.9. The Morgan fingerprint density at radius 1 is 1.15 bits per heavy atom.